The van der Waals surface area contributed by atoms with Crippen molar-refractivity contribution in [1.29, 1.82) is 0 Å². The number of carbonyl (C=O) groups is 1. The zero-order chi connectivity index (χ0) is 17.5. The summed E-state index contributed by atoms with van der Waals surface area (Å²) in [7, 11) is 0. The summed E-state index contributed by atoms with van der Waals surface area (Å²) >= 11 is 0. The molecule has 3 rings (SSSR count). The molecule has 0 saturated heterocycles. The first-order valence-corrected chi connectivity index (χ1v) is 8.34. The number of amides is 1. The molecule has 128 valence electrons. The van der Waals surface area contributed by atoms with Gasteiger partial charge in [0, 0.05) is 5.39 Å². The van der Waals surface area contributed by atoms with Gasteiger partial charge < -0.3 is 14.8 Å². The molecule has 0 bridgehead atoms. The number of para-hydroxylation sites is 1. The van der Waals surface area contributed by atoms with Crippen molar-refractivity contribution in [3.63, 3.8) is 0 Å². The summed E-state index contributed by atoms with van der Waals surface area (Å²) in [5.74, 6) is 1.34. The molecule has 0 unspecified atom stereocenters. The van der Waals surface area contributed by atoms with Gasteiger partial charge in [-0.1, -0.05) is 54.6 Å². The second kappa shape index (κ2) is 8.20. The van der Waals surface area contributed by atoms with Gasteiger partial charge in [0.1, 0.15) is 18.1 Å². The van der Waals surface area contributed by atoms with Crippen molar-refractivity contribution < 1.29 is 14.3 Å². The fourth-order valence-corrected chi connectivity index (χ4v) is 2.55. The Hall–Kier alpha value is -3.01. The normalized spacial score (nSPS) is 11.7. The maximum atomic E-state index is 12.2. The van der Waals surface area contributed by atoms with Gasteiger partial charge in [0.15, 0.2) is 6.10 Å². The summed E-state index contributed by atoms with van der Waals surface area (Å²) in [4.78, 5) is 12.2. The van der Waals surface area contributed by atoms with Gasteiger partial charge in [-0.05, 0) is 30.5 Å². The molecule has 3 aromatic rings. The summed E-state index contributed by atoms with van der Waals surface area (Å²) in [6, 6.07) is 23.3. The summed E-state index contributed by atoms with van der Waals surface area (Å²) in [5.41, 5.74) is 0. The number of benzene rings is 3. The molecule has 0 saturated carbocycles. The van der Waals surface area contributed by atoms with Crippen LogP contribution in [0.25, 0.3) is 10.8 Å². The minimum absolute atomic E-state index is 0.162. The second-order valence-electron chi connectivity index (χ2n) is 5.69. The quantitative estimate of drug-likeness (QED) is 0.668. The van der Waals surface area contributed by atoms with Crippen molar-refractivity contribution in [2.45, 2.75) is 13.0 Å². The largest absolute Gasteiger partial charge is 0.492 e. The van der Waals surface area contributed by atoms with Crippen LogP contribution in [-0.2, 0) is 4.79 Å². The van der Waals surface area contributed by atoms with E-state index in [1.807, 2.05) is 72.8 Å². The van der Waals surface area contributed by atoms with Gasteiger partial charge in [-0.15, -0.1) is 0 Å². The Morgan fingerprint density at radius 1 is 0.960 bits per heavy atom. The Kier molecular flexibility index (Phi) is 5.52. The van der Waals surface area contributed by atoms with E-state index < -0.39 is 6.10 Å². The smallest absolute Gasteiger partial charge is 0.260 e. The fourth-order valence-electron chi connectivity index (χ4n) is 2.55. The van der Waals surface area contributed by atoms with Crippen molar-refractivity contribution in [2.24, 2.45) is 0 Å². The van der Waals surface area contributed by atoms with E-state index in [-0.39, 0.29) is 5.91 Å². The maximum Gasteiger partial charge on any atom is 0.260 e. The molecule has 0 aliphatic carbocycles. The molecular weight excluding hydrogens is 314 g/mol. The molecule has 4 nitrogen and oxygen atoms in total. The minimum Gasteiger partial charge on any atom is -0.492 e. The lowest BCUT2D eigenvalue weighted by atomic mass is 10.1. The highest BCUT2D eigenvalue weighted by Gasteiger charge is 2.15. The number of ether oxygens (including phenoxy) is 2. The molecule has 0 aliphatic heterocycles. The molecule has 0 aliphatic rings. The van der Waals surface area contributed by atoms with Crippen LogP contribution >= 0.6 is 0 Å². The van der Waals surface area contributed by atoms with E-state index in [1.54, 1.807) is 6.92 Å². The highest BCUT2D eigenvalue weighted by molar-refractivity contribution is 5.89. The molecule has 1 amide bonds. The van der Waals surface area contributed by atoms with E-state index in [9.17, 15) is 4.79 Å². The third-order valence-electron chi connectivity index (χ3n) is 3.84. The van der Waals surface area contributed by atoms with Crippen molar-refractivity contribution in [2.75, 3.05) is 13.2 Å². The van der Waals surface area contributed by atoms with Crippen LogP contribution in [0.3, 0.4) is 0 Å². The lowest BCUT2D eigenvalue weighted by molar-refractivity contribution is -0.127. The number of fused-ring (bicyclic) bond motifs is 1. The SMILES string of the molecule is C[C@@H](Oc1cccc2ccccc12)C(=O)NCCOc1ccccc1. The first-order chi connectivity index (χ1) is 12.2. The van der Waals surface area contributed by atoms with E-state index in [1.165, 1.54) is 0 Å². The lowest BCUT2D eigenvalue weighted by Crippen LogP contribution is -2.38. The van der Waals surface area contributed by atoms with Crippen LogP contribution in [0.15, 0.2) is 72.8 Å². The Morgan fingerprint density at radius 3 is 2.52 bits per heavy atom. The van der Waals surface area contributed by atoms with Gasteiger partial charge in [-0.2, -0.15) is 0 Å². The van der Waals surface area contributed by atoms with Gasteiger partial charge in [0.2, 0.25) is 0 Å². The highest BCUT2D eigenvalue weighted by Crippen LogP contribution is 2.25. The third kappa shape index (κ3) is 4.51. The minimum atomic E-state index is -0.581. The number of hydrogen-bond donors (Lipinski definition) is 1. The van der Waals surface area contributed by atoms with Gasteiger partial charge in [0.05, 0.1) is 6.54 Å². The van der Waals surface area contributed by atoms with Crippen LogP contribution in [0.5, 0.6) is 11.5 Å². The van der Waals surface area contributed by atoms with Crippen molar-refractivity contribution >= 4 is 16.7 Å². The molecule has 0 radical (unpaired) electrons. The van der Waals surface area contributed by atoms with Crippen LogP contribution in [0.4, 0.5) is 0 Å². The summed E-state index contributed by atoms with van der Waals surface area (Å²) in [6.07, 6.45) is -0.581. The van der Waals surface area contributed by atoms with E-state index in [2.05, 4.69) is 5.32 Å². The first-order valence-electron chi connectivity index (χ1n) is 8.34. The zero-order valence-corrected chi connectivity index (χ0v) is 14.1. The molecule has 1 atom stereocenters. The molecule has 0 aromatic heterocycles. The van der Waals surface area contributed by atoms with Gasteiger partial charge in [-0.25, -0.2) is 0 Å². The number of rotatable bonds is 7. The Labute approximate surface area is 147 Å². The summed E-state index contributed by atoms with van der Waals surface area (Å²) in [6.45, 7) is 2.59. The first kappa shape index (κ1) is 16.8. The lowest BCUT2D eigenvalue weighted by Gasteiger charge is -2.16. The average Bonchev–Trinajstić information content (AvgIpc) is 2.66. The molecular formula is C21H21NO3. The Morgan fingerprint density at radius 2 is 1.68 bits per heavy atom. The summed E-state index contributed by atoms with van der Waals surface area (Å²) < 4.78 is 11.4. The molecule has 0 spiro atoms. The van der Waals surface area contributed by atoms with Crippen LogP contribution in [-0.4, -0.2) is 25.2 Å². The molecule has 4 heteroatoms. The van der Waals surface area contributed by atoms with Crippen molar-refractivity contribution in [3.8, 4) is 11.5 Å². The molecule has 25 heavy (non-hydrogen) atoms. The highest BCUT2D eigenvalue weighted by atomic mass is 16.5. The van der Waals surface area contributed by atoms with Crippen LogP contribution in [0, 0.1) is 0 Å². The summed E-state index contributed by atoms with van der Waals surface area (Å²) in [5, 5.41) is 4.92. The number of nitrogens with one attached hydrogen (secondary N) is 1. The van der Waals surface area contributed by atoms with Crippen LogP contribution in [0.2, 0.25) is 0 Å². The fraction of sp³-hybridized carbons (Fsp3) is 0.190. The van der Waals surface area contributed by atoms with Gasteiger partial charge >= 0.3 is 0 Å². The second-order valence-corrected chi connectivity index (χ2v) is 5.69. The van der Waals surface area contributed by atoms with E-state index in [4.69, 9.17) is 9.47 Å². The number of hydrogen-bond acceptors (Lipinski definition) is 3. The topological polar surface area (TPSA) is 47.6 Å². The molecule has 0 fully saturated rings. The van der Waals surface area contributed by atoms with Gasteiger partial charge in [-0.3, -0.25) is 4.79 Å². The average molecular weight is 335 g/mol. The Balaban J connectivity index is 1.50. The zero-order valence-electron chi connectivity index (χ0n) is 14.1. The van der Waals surface area contributed by atoms with Crippen molar-refractivity contribution in [3.05, 3.63) is 72.8 Å². The predicted molar refractivity (Wildman–Crippen MR) is 99.0 cm³/mol. The third-order valence-corrected chi connectivity index (χ3v) is 3.84. The van der Waals surface area contributed by atoms with Crippen LogP contribution in [0.1, 0.15) is 6.92 Å². The Bertz CT molecular complexity index is 827. The molecule has 0 heterocycles. The van der Waals surface area contributed by atoms with E-state index in [0.717, 1.165) is 16.5 Å². The number of carbonyl (C=O) groups excluding carboxylic acids is 1. The maximum absolute atomic E-state index is 12.2. The van der Waals surface area contributed by atoms with Crippen LogP contribution < -0.4 is 14.8 Å². The monoisotopic (exact) mass is 335 g/mol. The molecule has 3 aromatic carbocycles. The standard InChI is InChI=1S/C21H21NO3/c1-16(21(23)22-14-15-24-18-10-3-2-4-11-18)25-20-13-7-9-17-8-5-6-12-19(17)20/h2-13,16H,14-15H2,1H3,(H,22,23)/t16-/m1/s1. The molecule has 1 N–H and O–H groups in total. The van der Waals surface area contributed by atoms with E-state index >= 15 is 0 Å². The van der Waals surface area contributed by atoms with Gasteiger partial charge in [0.25, 0.3) is 5.91 Å². The van der Waals surface area contributed by atoms with Crippen molar-refractivity contribution in [1.82, 2.24) is 5.32 Å². The predicted octanol–water partition coefficient (Wildman–Crippen LogP) is 3.80. The van der Waals surface area contributed by atoms with E-state index in [0.29, 0.717) is 18.9 Å².